The topological polar surface area (TPSA) is 26.0 Å². The lowest BCUT2D eigenvalue weighted by Gasteiger charge is -2.24. The first-order valence-electron chi connectivity index (χ1n) is 7.60. The third kappa shape index (κ3) is 4.55. The third-order valence-corrected chi connectivity index (χ3v) is 7.14. The molecule has 0 fully saturated rings. The van der Waals surface area contributed by atoms with Crippen LogP contribution < -0.4 is 37.4 Å². The summed E-state index contributed by atoms with van der Waals surface area (Å²) in [7, 11) is -1.81. The first-order chi connectivity index (χ1) is 10.0. The Hall–Kier alpha value is -0.890. The molecule has 2 N–H and O–H groups in total. The molecule has 0 saturated heterocycles. The van der Waals surface area contributed by atoms with Crippen molar-refractivity contribution in [3.8, 4) is 0 Å². The van der Waals surface area contributed by atoms with E-state index in [4.69, 9.17) is 0 Å². The predicted molar refractivity (Wildman–Crippen MR) is 93.4 cm³/mol. The molecule has 22 heavy (non-hydrogen) atoms. The second-order valence-electron chi connectivity index (χ2n) is 5.91. The van der Waals surface area contributed by atoms with Crippen molar-refractivity contribution < 1.29 is 21.7 Å². The van der Waals surface area contributed by atoms with Gasteiger partial charge in [0.05, 0.1) is 10.6 Å². The maximum atomic E-state index is 3.86. The standard InChI is InChI=1S/C18H25N2P.BrH/c1-15(2)19-21(20-16(3)4,17-11-7-5-8-12-17)18-13-9-6-10-14-18;/h5-16H,1-4H3,(H,19,20);1H. The van der Waals surface area contributed by atoms with Gasteiger partial charge in [-0.2, -0.15) is 0 Å². The quantitative estimate of drug-likeness (QED) is 0.655. The van der Waals surface area contributed by atoms with Crippen LogP contribution in [0.15, 0.2) is 60.7 Å². The van der Waals surface area contributed by atoms with Gasteiger partial charge in [0.1, 0.15) is 6.04 Å². The van der Waals surface area contributed by atoms with Crippen molar-refractivity contribution in [2.24, 2.45) is 0 Å². The molecule has 0 aliphatic rings. The van der Waals surface area contributed by atoms with Gasteiger partial charge in [0.15, 0.2) is 0 Å². The zero-order valence-electron chi connectivity index (χ0n) is 13.8. The van der Waals surface area contributed by atoms with Gasteiger partial charge in [-0.3, -0.25) is 4.74 Å². The average molecular weight is 381 g/mol. The molecular formula is C18H26BrN2P. The Labute approximate surface area is 145 Å². The van der Waals surface area contributed by atoms with Crippen LogP contribution in [0, 0.1) is 0 Å². The predicted octanol–water partition coefficient (Wildman–Crippen LogP) is -0.755. The maximum absolute atomic E-state index is 3.86. The summed E-state index contributed by atoms with van der Waals surface area (Å²) in [6, 6.07) is 22.4. The highest BCUT2D eigenvalue weighted by molar-refractivity contribution is 7.76. The number of rotatable bonds is 5. The molecule has 2 aromatic carbocycles. The highest BCUT2D eigenvalue weighted by Gasteiger charge is 2.31. The molecule has 0 aliphatic heterocycles. The lowest BCUT2D eigenvalue weighted by molar-refractivity contribution is -0.472. The van der Waals surface area contributed by atoms with Crippen molar-refractivity contribution in [1.82, 2.24) is 5.09 Å². The smallest absolute Gasteiger partial charge is 0.220 e. The summed E-state index contributed by atoms with van der Waals surface area (Å²) in [5.74, 6) is 0. The zero-order valence-corrected chi connectivity index (χ0v) is 16.2. The van der Waals surface area contributed by atoms with E-state index in [1.54, 1.807) is 0 Å². The summed E-state index contributed by atoms with van der Waals surface area (Å²) >= 11 is 0. The average Bonchev–Trinajstić information content (AvgIpc) is 2.47. The summed E-state index contributed by atoms with van der Waals surface area (Å²) in [6.07, 6.45) is 0. The van der Waals surface area contributed by atoms with Gasteiger partial charge in [0.2, 0.25) is 7.21 Å². The molecular weight excluding hydrogens is 355 g/mol. The number of benzene rings is 2. The van der Waals surface area contributed by atoms with Crippen LogP contribution in [0.3, 0.4) is 0 Å². The molecule has 0 aliphatic carbocycles. The number of nitrogens with one attached hydrogen (secondary N) is 2. The van der Waals surface area contributed by atoms with E-state index >= 15 is 0 Å². The fourth-order valence-corrected chi connectivity index (χ4v) is 6.32. The Bertz CT molecular complexity index is 566. The highest BCUT2D eigenvalue weighted by atomic mass is 79.9. The molecule has 2 rings (SSSR count). The number of hydrogen-bond acceptors (Lipinski definition) is 0. The Kier molecular flexibility index (Phi) is 7.55. The lowest BCUT2D eigenvalue weighted by atomic mass is 10.4. The molecule has 0 amide bonds. The van der Waals surface area contributed by atoms with E-state index in [1.165, 1.54) is 10.6 Å². The van der Waals surface area contributed by atoms with Crippen LogP contribution in [-0.2, 0) is 0 Å². The van der Waals surface area contributed by atoms with Gasteiger partial charge < -0.3 is 17.0 Å². The van der Waals surface area contributed by atoms with Gasteiger partial charge >= 0.3 is 0 Å². The van der Waals surface area contributed by atoms with Gasteiger partial charge in [-0.1, -0.05) is 36.4 Å². The first-order valence-corrected chi connectivity index (χ1v) is 9.39. The van der Waals surface area contributed by atoms with Gasteiger partial charge in [0, 0.05) is 6.04 Å². The summed E-state index contributed by atoms with van der Waals surface area (Å²) in [6.45, 7) is 8.84. The van der Waals surface area contributed by atoms with E-state index in [2.05, 4.69) is 98.2 Å². The molecule has 2 nitrogen and oxygen atoms in total. The summed E-state index contributed by atoms with van der Waals surface area (Å²) < 4.78 is 3.86. The molecule has 0 bridgehead atoms. The van der Waals surface area contributed by atoms with Gasteiger partial charge in [0.25, 0.3) is 0 Å². The van der Waals surface area contributed by atoms with Crippen molar-refractivity contribution in [3.05, 3.63) is 60.7 Å². The molecule has 0 unspecified atom stereocenters. The van der Waals surface area contributed by atoms with E-state index < -0.39 is 7.21 Å². The molecule has 0 spiro atoms. The van der Waals surface area contributed by atoms with E-state index in [1.807, 2.05) is 0 Å². The molecule has 120 valence electrons. The highest BCUT2D eigenvalue weighted by Crippen LogP contribution is 2.35. The third-order valence-electron chi connectivity index (χ3n) is 3.19. The van der Waals surface area contributed by atoms with Crippen LogP contribution in [0.5, 0.6) is 0 Å². The van der Waals surface area contributed by atoms with E-state index in [9.17, 15) is 0 Å². The first kappa shape index (κ1) is 19.2. The summed E-state index contributed by atoms with van der Waals surface area (Å²) in [4.78, 5) is 0. The van der Waals surface area contributed by atoms with Crippen LogP contribution in [0.25, 0.3) is 0 Å². The number of halogens is 1. The van der Waals surface area contributed by atoms with Gasteiger partial charge in [-0.25, -0.2) is 5.09 Å². The van der Waals surface area contributed by atoms with E-state index in [0.717, 1.165) is 0 Å². The Morgan fingerprint density at radius 2 is 1.18 bits per heavy atom. The molecule has 4 heteroatoms. The van der Waals surface area contributed by atoms with Crippen molar-refractivity contribution in [2.75, 3.05) is 0 Å². The molecule has 0 atom stereocenters. The monoisotopic (exact) mass is 380 g/mol. The largest absolute Gasteiger partial charge is 1.00 e. The minimum atomic E-state index is -1.81. The molecule has 0 heterocycles. The Balaban J connectivity index is 0.00000242. The van der Waals surface area contributed by atoms with Crippen molar-refractivity contribution >= 4 is 17.8 Å². The molecule has 0 radical (unpaired) electrons. The lowest BCUT2D eigenvalue weighted by Crippen LogP contribution is -3.00. The minimum Gasteiger partial charge on any atom is -1.00 e. The maximum Gasteiger partial charge on any atom is 0.220 e. The second-order valence-corrected chi connectivity index (χ2v) is 8.80. The zero-order chi connectivity index (χ0) is 15.3. The van der Waals surface area contributed by atoms with Gasteiger partial charge in [-0.05, 0) is 52.0 Å². The van der Waals surface area contributed by atoms with Crippen LogP contribution in [0.4, 0.5) is 0 Å². The van der Waals surface area contributed by atoms with Crippen LogP contribution in [0.1, 0.15) is 27.7 Å². The van der Waals surface area contributed by atoms with E-state index in [0.29, 0.717) is 12.1 Å². The summed E-state index contributed by atoms with van der Waals surface area (Å²) in [5.41, 5.74) is 0. The Morgan fingerprint density at radius 1 is 0.773 bits per heavy atom. The van der Waals surface area contributed by atoms with Crippen LogP contribution in [0.2, 0.25) is 0 Å². The summed E-state index contributed by atoms with van der Waals surface area (Å²) in [5, 5.41) is 6.55. The second kappa shape index (κ2) is 8.67. The SMILES string of the molecule is CC(C)NP(=[NH+]C(C)C)(c1ccccc1)c1ccccc1.[Br-]. The normalized spacial score (nSPS) is 11.4. The number of hydrogen-bond donors (Lipinski definition) is 2. The fraction of sp³-hybridized carbons (Fsp3) is 0.333. The van der Waals surface area contributed by atoms with Crippen molar-refractivity contribution in [2.45, 2.75) is 39.8 Å². The fourth-order valence-electron chi connectivity index (χ4n) is 2.56. The Morgan fingerprint density at radius 3 is 1.50 bits per heavy atom. The van der Waals surface area contributed by atoms with Crippen molar-refractivity contribution in [3.63, 3.8) is 0 Å². The van der Waals surface area contributed by atoms with Crippen LogP contribution >= 0.6 is 7.21 Å². The van der Waals surface area contributed by atoms with Crippen molar-refractivity contribution in [1.29, 1.82) is 0 Å². The molecule has 2 aromatic rings. The van der Waals surface area contributed by atoms with Gasteiger partial charge in [-0.15, -0.1) is 0 Å². The minimum absolute atomic E-state index is 0. The van der Waals surface area contributed by atoms with Crippen LogP contribution in [-0.4, -0.2) is 12.1 Å². The molecule has 0 aromatic heterocycles. The van der Waals surface area contributed by atoms with E-state index in [-0.39, 0.29) is 17.0 Å². The molecule has 0 saturated carbocycles.